The van der Waals surface area contributed by atoms with Gasteiger partial charge in [-0.3, -0.25) is 0 Å². The molecule has 0 amide bonds. The zero-order valence-electron chi connectivity index (χ0n) is 3.91. The summed E-state index contributed by atoms with van der Waals surface area (Å²) in [5.74, 6) is 0. The summed E-state index contributed by atoms with van der Waals surface area (Å²) in [6, 6.07) is 0. The van der Waals surface area contributed by atoms with Gasteiger partial charge in [-0.1, -0.05) is 0 Å². The molecule has 0 rings (SSSR count). The molecular formula is C3H8I2P-. The van der Waals surface area contributed by atoms with Gasteiger partial charge in [0, 0.05) is 0 Å². The molecular weight excluding hydrogens is 321 g/mol. The standard InChI is InChI=1S/C3H8I2P/c1-3-6(4)5-2/h3H2,1-2H3/q-1. The quantitative estimate of drug-likeness (QED) is 0.363. The minimum absolute atomic E-state index is 0.504. The summed E-state index contributed by atoms with van der Waals surface area (Å²) in [5, 5.41) is 0. The molecule has 3 heteroatoms. The normalized spacial score (nSPS) is 15.2. The molecule has 6 heavy (non-hydrogen) atoms. The monoisotopic (exact) mass is 329 g/mol. The van der Waals surface area contributed by atoms with Gasteiger partial charge in [-0.15, -0.1) is 0 Å². The molecule has 0 fully saturated rings. The average molecular weight is 329 g/mol. The van der Waals surface area contributed by atoms with Crippen molar-refractivity contribution in [1.29, 1.82) is 0 Å². The van der Waals surface area contributed by atoms with Gasteiger partial charge in [0.25, 0.3) is 0 Å². The fraction of sp³-hybridized carbons (Fsp3) is 1.00. The Balaban J connectivity index is 2.75. The van der Waals surface area contributed by atoms with Crippen molar-refractivity contribution in [3.05, 3.63) is 0 Å². The van der Waals surface area contributed by atoms with Crippen molar-refractivity contribution in [1.82, 2.24) is 0 Å². The number of hydrogen-bond donors (Lipinski definition) is 0. The van der Waals surface area contributed by atoms with Gasteiger partial charge in [-0.2, -0.15) is 0 Å². The molecule has 1 unspecified atom stereocenters. The van der Waals surface area contributed by atoms with Crippen molar-refractivity contribution in [2.24, 2.45) is 0 Å². The minimum atomic E-state index is 0.504. The van der Waals surface area contributed by atoms with Crippen LogP contribution in [-0.2, 0) is 0 Å². The first-order valence-electron chi connectivity index (χ1n) is 1.74. The van der Waals surface area contributed by atoms with Crippen LogP contribution in [0.15, 0.2) is 0 Å². The fourth-order valence-electron chi connectivity index (χ4n) is 0.120. The average Bonchev–Trinajstić information content (AvgIpc) is 1.65. The Hall–Kier alpha value is 1.89. The van der Waals surface area contributed by atoms with Gasteiger partial charge >= 0.3 is 63.9 Å². The molecule has 0 aliphatic rings. The van der Waals surface area contributed by atoms with Crippen LogP contribution in [-0.4, -0.2) is 11.1 Å². The third-order valence-corrected chi connectivity index (χ3v) is 15.8. The third-order valence-electron chi connectivity index (χ3n) is 0.422. The first-order chi connectivity index (χ1) is 2.81. The predicted octanol–water partition coefficient (Wildman–Crippen LogP) is -0.528. The maximum absolute atomic E-state index is 2.58. The Labute approximate surface area is 63.3 Å². The van der Waals surface area contributed by atoms with E-state index in [1.54, 1.807) is 0 Å². The van der Waals surface area contributed by atoms with Crippen LogP contribution < -0.4 is 20.7 Å². The number of rotatable bonds is 2. The van der Waals surface area contributed by atoms with Crippen LogP contribution in [0.1, 0.15) is 6.92 Å². The van der Waals surface area contributed by atoms with Gasteiger partial charge < -0.3 is 0 Å². The maximum atomic E-state index is 2.58. The van der Waals surface area contributed by atoms with Crippen LogP contribution in [0.25, 0.3) is 0 Å². The molecule has 0 nitrogen and oxygen atoms in total. The van der Waals surface area contributed by atoms with Crippen molar-refractivity contribution >= 4 is 25.2 Å². The molecule has 0 spiro atoms. The molecule has 0 saturated heterocycles. The van der Waals surface area contributed by atoms with E-state index in [2.05, 4.69) is 33.9 Å². The van der Waals surface area contributed by atoms with Gasteiger partial charge in [-0.05, 0) is 0 Å². The van der Waals surface area contributed by atoms with E-state index in [4.69, 9.17) is 0 Å². The van der Waals surface area contributed by atoms with Crippen LogP contribution in [0, 0.1) is 0 Å². The van der Waals surface area contributed by atoms with Crippen molar-refractivity contribution in [2.75, 3.05) is 11.1 Å². The summed E-state index contributed by atoms with van der Waals surface area (Å²) in [4.78, 5) is 2.36. The topological polar surface area (TPSA) is 0 Å². The zero-order chi connectivity index (χ0) is 4.99. The molecule has 40 valence electrons. The van der Waals surface area contributed by atoms with Crippen LogP contribution in [0.2, 0.25) is 0 Å². The first-order valence-corrected chi connectivity index (χ1v) is 11.0. The molecule has 0 aliphatic carbocycles. The number of hydrogen-bond acceptors (Lipinski definition) is 0. The van der Waals surface area contributed by atoms with E-state index in [1.165, 1.54) is 6.16 Å². The Morgan fingerprint density at radius 3 is 2.33 bits per heavy atom. The second-order valence-electron chi connectivity index (χ2n) is 0.788. The van der Waals surface area contributed by atoms with Crippen molar-refractivity contribution < 1.29 is 20.7 Å². The first kappa shape index (κ1) is 7.89. The molecule has 0 heterocycles. The molecule has 0 aromatic heterocycles. The van der Waals surface area contributed by atoms with Gasteiger partial charge in [0.2, 0.25) is 0 Å². The summed E-state index contributed by atoms with van der Waals surface area (Å²) >= 11 is 3.18. The van der Waals surface area contributed by atoms with Crippen LogP contribution in [0.4, 0.5) is 0 Å². The molecule has 0 N–H and O–H groups in total. The van der Waals surface area contributed by atoms with Crippen molar-refractivity contribution in [3.8, 4) is 0 Å². The fourth-order valence-corrected chi connectivity index (χ4v) is 2.41. The van der Waals surface area contributed by atoms with Gasteiger partial charge in [0.1, 0.15) is 0 Å². The molecule has 0 bridgehead atoms. The second kappa shape index (κ2) is 5.04. The van der Waals surface area contributed by atoms with E-state index in [9.17, 15) is 0 Å². The van der Waals surface area contributed by atoms with Gasteiger partial charge in [-0.25, -0.2) is 0 Å². The Bertz CT molecular complexity index is 28.0. The molecule has 0 radical (unpaired) electrons. The molecule has 0 aliphatic heterocycles. The van der Waals surface area contributed by atoms with Crippen LogP contribution in [0.5, 0.6) is 0 Å². The zero-order valence-corrected chi connectivity index (χ0v) is 9.12. The Morgan fingerprint density at radius 1 is 1.83 bits per heavy atom. The van der Waals surface area contributed by atoms with E-state index in [-0.39, 0.29) is 0 Å². The number of halogens is 2. The van der Waals surface area contributed by atoms with Gasteiger partial charge in [0.15, 0.2) is 0 Å². The number of alkyl halides is 1. The molecule has 0 aromatic rings. The summed E-state index contributed by atoms with van der Waals surface area (Å²) in [5.41, 5.74) is 0. The van der Waals surface area contributed by atoms with Crippen molar-refractivity contribution in [3.63, 3.8) is 0 Å². The van der Waals surface area contributed by atoms with E-state index < -0.39 is 0 Å². The van der Waals surface area contributed by atoms with E-state index in [0.29, 0.717) is 23.9 Å². The predicted molar refractivity (Wildman–Crippen MR) is 37.4 cm³/mol. The summed E-state index contributed by atoms with van der Waals surface area (Å²) in [6.45, 7) is 2.28. The van der Waals surface area contributed by atoms with Crippen LogP contribution in [0.3, 0.4) is 0 Å². The molecule has 0 saturated carbocycles. The van der Waals surface area contributed by atoms with Crippen LogP contribution >= 0.6 is 25.2 Å². The van der Waals surface area contributed by atoms with Crippen molar-refractivity contribution in [2.45, 2.75) is 6.92 Å². The summed E-state index contributed by atoms with van der Waals surface area (Å²) in [7, 11) is 0. The SMILES string of the molecule is CCP(I)[I-]C. The van der Waals surface area contributed by atoms with Gasteiger partial charge in [0.05, 0.1) is 0 Å². The summed E-state index contributed by atoms with van der Waals surface area (Å²) in [6.07, 6.45) is 1.43. The van der Waals surface area contributed by atoms with E-state index in [0.717, 1.165) is 0 Å². The summed E-state index contributed by atoms with van der Waals surface area (Å²) < 4.78 is 0.504. The van der Waals surface area contributed by atoms with E-state index in [1.807, 2.05) is 0 Å². The third kappa shape index (κ3) is 4.06. The molecule has 0 aromatic carbocycles. The second-order valence-corrected chi connectivity index (χ2v) is 17.8. The Morgan fingerprint density at radius 2 is 2.33 bits per heavy atom. The molecule has 1 atom stereocenters. The van der Waals surface area contributed by atoms with E-state index >= 15 is 0 Å². The Kier molecular flexibility index (Phi) is 6.62.